The van der Waals surface area contributed by atoms with Gasteiger partial charge in [-0.1, -0.05) is 23.8 Å². The van der Waals surface area contributed by atoms with Crippen LogP contribution in [0, 0.1) is 6.92 Å². The van der Waals surface area contributed by atoms with Crippen molar-refractivity contribution >= 4 is 35.0 Å². The molecular formula is C18H14N2O3S. The number of hydrogen-bond donors (Lipinski definition) is 1. The highest BCUT2D eigenvalue weighted by Crippen LogP contribution is 2.33. The molecule has 2 aromatic carbocycles. The molecule has 1 amide bonds. The van der Waals surface area contributed by atoms with E-state index in [1.165, 1.54) is 4.90 Å². The highest BCUT2D eigenvalue weighted by molar-refractivity contribution is 7.80. The molecule has 0 spiro atoms. The third-order valence-electron chi connectivity index (χ3n) is 3.88. The summed E-state index contributed by atoms with van der Waals surface area (Å²) >= 11 is 5.31. The molecule has 5 nitrogen and oxygen atoms in total. The van der Waals surface area contributed by atoms with Crippen LogP contribution in [0.15, 0.2) is 48.2 Å². The second-order valence-electron chi connectivity index (χ2n) is 5.58. The maximum atomic E-state index is 12.7. The lowest BCUT2D eigenvalue weighted by Crippen LogP contribution is -2.30. The van der Waals surface area contributed by atoms with Gasteiger partial charge in [0, 0.05) is 0 Å². The first-order valence-electron chi connectivity index (χ1n) is 7.45. The molecule has 0 atom stereocenters. The van der Waals surface area contributed by atoms with Crippen molar-refractivity contribution in [1.29, 1.82) is 0 Å². The van der Waals surface area contributed by atoms with Crippen LogP contribution in [0.2, 0.25) is 0 Å². The second-order valence-corrected chi connectivity index (χ2v) is 5.96. The Bertz CT molecular complexity index is 874. The molecule has 0 unspecified atom stereocenters. The van der Waals surface area contributed by atoms with E-state index in [0.29, 0.717) is 22.3 Å². The Hall–Kier alpha value is -2.86. The Balaban J connectivity index is 1.64. The van der Waals surface area contributed by atoms with E-state index in [4.69, 9.17) is 21.7 Å². The third-order valence-corrected chi connectivity index (χ3v) is 4.16. The maximum Gasteiger partial charge on any atom is 0.281 e. The van der Waals surface area contributed by atoms with Gasteiger partial charge in [-0.05, 0) is 55.0 Å². The standard InChI is InChI=1S/C18H14N2O3S/c1-11-2-5-13(6-3-11)20-17(21)14(19-18(20)24)8-12-4-7-15-16(9-12)23-10-22-15/h2-9H,10H2,1H3,(H,19,24)/b14-8-. The number of ether oxygens (including phenoxy) is 2. The number of aryl methyl sites for hydroxylation is 1. The fourth-order valence-corrected chi connectivity index (χ4v) is 2.93. The van der Waals surface area contributed by atoms with Crippen LogP contribution in [0.25, 0.3) is 6.08 Å². The van der Waals surface area contributed by atoms with Gasteiger partial charge < -0.3 is 14.8 Å². The van der Waals surface area contributed by atoms with Gasteiger partial charge in [0.2, 0.25) is 6.79 Å². The van der Waals surface area contributed by atoms with Crippen molar-refractivity contribution in [2.75, 3.05) is 11.7 Å². The van der Waals surface area contributed by atoms with Gasteiger partial charge in [0.15, 0.2) is 16.6 Å². The summed E-state index contributed by atoms with van der Waals surface area (Å²) < 4.78 is 10.7. The van der Waals surface area contributed by atoms with E-state index in [2.05, 4.69) is 5.32 Å². The Kier molecular flexibility index (Phi) is 3.46. The molecule has 0 saturated carbocycles. The van der Waals surface area contributed by atoms with Crippen molar-refractivity contribution in [3.8, 4) is 11.5 Å². The van der Waals surface area contributed by atoms with E-state index < -0.39 is 0 Å². The molecule has 4 rings (SSSR count). The minimum Gasteiger partial charge on any atom is -0.454 e. The molecule has 1 fully saturated rings. The number of nitrogens with zero attached hydrogens (tertiary/aromatic N) is 1. The summed E-state index contributed by atoms with van der Waals surface area (Å²) in [5.74, 6) is 1.20. The molecule has 1 N–H and O–H groups in total. The van der Waals surface area contributed by atoms with E-state index in [-0.39, 0.29) is 12.7 Å². The fourth-order valence-electron chi connectivity index (χ4n) is 2.63. The van der Waals surface area contributed by atoms with Crippen LogP contribution < -0.4 is 19.7 Å². The van der Waals surface area contributed by atoms with Crippen LogP contribution in [0.5, 0.6) is 11.5 Å². The zero-order valence-electron chi connectivity index (χ0n) is 12.9. The predicted octanol–water partition coefficient (Wildman–Crippen LogP) is 2.99. The minimum atomic E-state index is -0.179. The van der Waals surface area contributed by atoms with Crippen molar-refractivity contribution in [3.63, 3.8) is 0 Å². The molecule has 2 heterocycles. The first kappa shape index (κ1) is 14.7. The highest BCUT2D eigenvalue weighted by Gasteiger charge is 2.31. The van der Waals surface area contributed by atoms with E-state index >= 15 is 0 Å². The Morgan fingerprint density at radius 2 is 1.88 bits per heavy atom. The van der Waals surface area contributed by atoms with Gasteiger partial charge in [0.1, 0.15) is 5.70 Å². The van der Waals surface area contributed by atoms with Crippen LogP contribution >= 0.6 is 12.2 Å². The number of benzene rings is 2. The third kappa shape index (κ3) is 2.51. The number of rotatable bonds is 2. The van der Waals surface area contributed by atoms with Gasteiger partial charge >= 0.3 is 0 Å². The van der Waals surface area contributed by atoms with Gasteiger partial charge in [0.05, 0.1) is 5.69 Å². The van der Waals surface area contributed by atoms with Gasteiger partial charge in [-0.15, -0.1) is 0 Å². The zero-order valence-corrected chi connectivity index (χ0v) is 13.7. The van der Waals surface area contributed by atoms with Gasteiger partial charge in [-0.2, -0.15) is 0 Å². The molecule has 0 radical (unpaired) electrons. The summed E-state index contributed by atoms with van der Waals surface area (Å²) in [6, 6.07) is 13.2. The number of amides is 1. The zero-order chi connectivity index (χ0) is 16.7. The molecule has 120 valence electrons. The largest absolute Gasteiger partial charge is 0.454 e. The van der Waals surface area contributed by atoms with E-state index in [1.807, 2.05) is 49.4 Å². The number of anilines is 1. The van der Waals surface area contributed by atoms with Gasteiger partial charge in [-0.25, -0.2) is 0 Å². The average molecular weight is 338 g/mol. The van der Waals surface area contributed by atoms with Crippen molar-refractivity contribution in [3.05, 3.63) is 59.3 Å². The molecule has 1 saturated heterocycles. The molecule has 2 aromatic rings. The second kappa shape index (κ2) is 5.65. The molecular weight excluding hydrogens is 324 g/mol. The van der Waals surface area contributed by atoms with Gasteiger partial charge in [0.25, 0.3) is 5.91 Å². The summed E-state index contributed by atoms with van der Waals surface area (Å²) in [6.07, 6.45) is 1.75. The van der Waals surface area contributed by atoms with Crippen LogP contribution in [-0.4, -0.2) is 17.8 Å². The van der Waals surface area contributed by atoms with E-state index in [0.717, 1.165) is 16.8 Å². The average Bonchev–Trinajstić information content (AvgIpc) is 3.13. The topological polar surface area (TPSA) is 50.8 Å². The van der Waals surface area contributed by atoms with E-state index in [9.17, 15) is 4.79 Å². The Labute approximate surface area is 144 Å². The van der Waals surface area contributed by atoms with Crippen molar-refractivity contribution in [2.24, 2.45) is 0 Å². The van der Waals surface area contributed by atoms with Crippen LogP contribution in [-0.2, 0) is 4.79 Å². The molecule has 0 aliphatic carbocycles. The summed E-state index contributed by atoms with van der Waals surface area (Å²) in [6.45, 7) is 2.22. The Morgan fingerprint density at radius 1 is 1.12 bits per heavy atom. The molecule has 0 aromatic heterocycles. The molecule has 2 aliphatic rings. The SMILES string of the molecule is Cc1ccc(N2C(=O)/C(=C/c3ccc4c(c3)OCO4)NC2=S)cc1. The van der Waals surface area contributed by atoms with Crippen molar-refractivity contribution < 1.29 is 14.3 Å². The number of carbonyl (C=O) groups is 1. The monoisotopic (exact) mass is 338 g/mol. The molecule has 24 heavy (non-hydrogen) atoms. The Morgan fingerprint density at radius 3 is 2.67 bits per heavy atom. The fraction of sp³-hybridized carbons (Fsp3) is 0.111. The highest BCUT2D eigenvalue weighted by atomic mass is 32.1. The lowest BCUT2D eigenvalue weighted by molar-refractivity contribution is -0.113. The summed E-state index contributed by atoms with van der Waals surface area (Å²) in [5.41, 5.74) is 3.14. The van der Waals surface area contributed by atoms with Crippen LogP contribution in [0.3, 0.4) is 0 Å². The summed E-state index contributed by atoms with van der Waals surface area (Å²) in [4.78, 5) is 14.2. The normalized spacial score (nSPS) is 17.5. The number of carbonyl (C=O) groups excluding carboxylic acids is 1. The van der Waals surface area contributed by atoms with E-state index in [1.54, 1.807) is 6.08 Å². The number of fused-ring (bicyclic) bond motifs is 1. The quantitative estimate of drug-likeness (QED) is 0.674. The summed E-state index contributed by atoms with van der Waals surface area (Å²) in [7, 11) is 0. The van der Waals surface area contributed by atoms with Crippen LogP contribution in [0.4, 0.5) is 5.69 Å². The van der Waals surface area contributed by atoms with Crippen LogP contribution in [0.1, 0.15) is 11.1 Å². The molecule has 0 bridgehead atoms. The van der Waals surface area contributed by atoms with Gasteiger partial charge in [-0.3, -0.25) is 9.69 Å². The lowest BCUT2D eigenvalue weighted by Gasteiger charge is -2.13. The summed E-state index contributed by atoms with van der Waals surface area (Å²) in [5, 5.41) is 3.35. The number of hydrogen-bond acceptors (Lipinski definition) is 4. The van der Waals surface area contributed by atoms with Crippen molar-refractivity contribution in [2.45, 2.75) is 6.92 Å². The smallest absolute Gasteiger partial charge is 0.281 e. The number of nitrogens with one attached hydrogen (secondary N) is 1. The molecule has 6 heteroatoms. The first-order valence-corrected chi connectivity index (χ1v) is 7.86. The predicted molar refractivity (Wildman–Crippen MR) is 94.9 cm³/mol. The molecule has 2 aliphatic heterocycles. The number of thiocarbonyl (C=S) groups is 1. The minimum absolute atomic E-state index is 0.179. The first-order chi connectivity index (χ1) is 11.6. The van der Waals surface area contributed by atoms with Crippen molar-refractivity contribution in [1.82, 2.24) is 5.32 Å². The lowest BCUT2D eigenvalue weighted by atomic mass is 10.1. The maximum absolute atomic E-state index is 12.7.